The summed E-state index contributed by atoms with van der Waals surface area (Å²) in [4.78, 5) is 11.6. The summed E-state index contributed by atoms with van der Waals surface area (Å²) in [5.41, 5.74) is 5.05. The Morgan fingerprint density at radius 3 is 2.52 bits per heavy atom. The summed E-state index contributed by atoms with van der Waals surface area (Å²) >= 11 is 0. The largest absolute Gasteiger partial charge is 0.273 e. The molecule has 0 saturated heterocycles. The van der Waals surface area contributed by atoms with Gasteiger partial charge in [0.2, 0.25) is 5.91 Å². The summed E-state index contributed by atoms with van der Waals surface area (Å²) in [5.74, 6) is -0.122. The standard InChI is InChI=1S/C17H15N3O/c18-12-15-6-8-16(9-7-15)13-19-20-17(21)11-10-14-4-2-1-3-5-14/h1-9,13H,10-11H2,(H,20,21)/b19-13-. The molecule has 1 N–H and O–H groups in total. The van der Waals surface area contributed by atoms with E-state index >= 15 is 0 Å². The molecule has 0 unspecified atom stereocenters. The van der Waals surface area contributed by atoms with Crippen LogP contribution in [-0.2, 0) is 11.2 Å². The Morgan fingerprint density at radius 2 is 1.86 bits per heavy atom. The van der Waals surface area contributed by atoms with Gasteiger partial charge in [-0.1, -0.05) is 42.5 Å². The van der Waals surface area contributed by atoms with Crippen LogP contribution in [0, 0.1) is 11.3 Å². The molecule has 21 heavy (non-hydrogen) atoms. The van der Waals surface area contributed by atoms with E-state index < -0.39 is 0 Å². The van der Waals surface area contributed by atoms with E-state index in [9.17, 15) is 4.79 Å². The molecule has 0 aliphatic rings. The molecule has 0 atom stereocenters. The lowest BCUT2D eigenvalue weighted by Gasteiger charge is -2.00. The van der Waals surface area contributed by atoms with Crippen molar-refractivity contribution in [3.8, 4) is 6.07 Å². The van der Waals surface area contributed by atoms with E-state index in [1.807, 2.05) is 36.4 Å². The second kappa shape index (κ2) is 7.61. The average Bonchev–Trinajstić information content (AvgIpc) is 2.54. The average molecular weight is 277 g/mol. The Hall–Kier alpha value is -2.93. The Morgan fingerprint density at radius 1 is 1.14 bits per heavy atom. The molecule has 4 heteroatoms. The topological polar surface area (TPSA) is 65.2 Å². The van der Waals surface area contributed by atoms with Gasteiger partial charge in [-0.05, 0) is 29.7 Å². The van der Waals surface area contributed by atoms with E-state index in [4.69, 9.17) is 5.26 Å². The van der Waals surface area contributed by atoms with E-state index in [0.717, 1.165) is 11.1 Å². The van der Waals surface area contributed by atoms with Crippen molar-refractivity contribution in [2.24, 2.45) is 5.10 Å². The number of rotatable bonds is 5. The van der Waals surface area contributed by atoms with Crippen LogP contribution in [0.25, 0.3) is 0 Å². The lowest BCUT2D eigenvalue weighted by Crippen LogP contribution is -2.17. The van der Waals surface area contributed by atoms with Gasteiger partial charge < -0.3 is 0 Å². The van der Waals surface area contributed by atoms with E-state index in [2.05, 4.69) is 10.5 Å². The highest BCUT2D eigenvalue weighted by molar-refractivity contribution is 5.82. The molecule has 1 amide bonds. The van der Waals surface area contributed by atoms with Crippen molar-refractivity contribution in [3.05, 3.63) is 71.3 Å². The van der Waals surface area contributed by atoms with Crippen molar-refractivity contribution in [1.82, 2.24) is 5.43 Å². The van der Waals surface area contributed by atoms with Crippen molar-refractivity contribution < 1.29 is 4.79 Å². The Balaban J connectivity index is 1.78. The molecular formula is C17H15N3O. The summed E-state index contributed by atoms with van der Waals surface area (Å²) in [7, 11) is 0. The first kappa shape index (κ1) is 14.5. The molecule has 2 aromatic rings. The smallest absolute Gasteiger partial charge is 0.240 e. The van der Waals surface area contributed by atoms with Crippen molar-refractivity contribution in [3.63, 3.8) is 0 Å². The fraction of sp³-hybridized carbons (Fsp3) is 0.118. The first-order chi connectivity index (χ1) is 10.3. The fourth-order valence-electron chi connectivity index (χ4n) is 1.78. The second-order valence-corrected chi connectivity index (χ2v) is 4.51. The number of aryl methyl sites for hydroxylation is 1. The first-order valence-corrected chi connectivity index (χ1v) is 6.64. The number of carbonyl (C=O) groups is 1. The molecule has 0 fully saturated rings. The maximum atomic E-state index is 11.6. The number of nitrogens with zero attached hydrogens (tertiary/aromatic N) is 2. The van der Waals surface area contributed by atoms with E-state index in [-0.39, 0.29) is 5.91 Å². The van der Waals surface area contributed by atoms with E-state index in [1.165, 1.54) is 0 Å². The van der Waals surface area contributed by atoms with E-state index in [1.54, 1.807) is 30.5 Å². The fourth-order valence-corrected chi connectivity index (χ4v) is 1.78. The molecule has 2 aromatic carbocycles. The summed E-state index contributed by atoms with van der Waals surface area (Å²) in [6.45, 7) is 0. The van der Waals surface area contributed by atoms with Crippen molar-refractivity contribution in [2.45, 2.75) is 12.8 Å². The van der Waals surface area contributed by atoms with Crippen LogP contribution in [0.5, 0.6) is 0 Å². The van der Waals surface area contributed by atoms with Crippen LogP contribution in [0.1, 0.15) is 23.1 Å². The Bertz CT molecular complexity index is 655. The van der Waals surface area contributed by atoms with Crippen molar-refractivity contribution in [1.29, 1.82) is 5.26 Å². The number of amides is 1. The number of hydrogen-bond donors (Lipinski definition) is 1. The highest BCUT2D eigenvalue weighted by Gasteiger charge is 2.00. The number of hydrazone groups is 1. The van der Waals surface area contributed by atoms with Gasteiger partial charge >= 0.3 is 0 Å². The number of nitrogens with one attached hydrogen (secondary N) is 1. The summed E-state index contributed by atoms with van der Waals surface area (Å²) in [6.07, 6.45) is 2.65. The number of hydrogen-bond acceptors (Lipinski definition) is 3. The zero-order chi connectivity index (χ0) is 14.9. The quantitative estimate of drug-likeness (QED) is 0.674. The normalized spacial score (nSPS) is 10.2. The SMILES string of the molecule is N#Cc1ccc(/C=N\NC(=O)CCc2ccccc2)cc1. The minimum atomic E-state index is -0.122. The van der Waals surface area contributed by atoms with Crippen LogP contribution in [0.3, 0.4) is 0 Å². The van der Waals surface area contributed by atoms with E-state index in [0.29, 0.717) is 18.4 Å². The maximum absolute atomic E-state index is 11.6. The predicted molar refractivity (Wildman–Crippen MR) is 81.7 cm³/mol. The third-order valence-electron chi connectivity index (χ3n) is 2.93. The minimum absolute atomic E-state index is 0.122. The summed E-state index contributed by atoms with van der Waals surface area (Å²) in [5, 5.41) is 12.6. The van der Waals surface area contributed by atoms with Gasteiger partial charge in [0.1, 0.15) is 0 Å². The molecule has 0 aliphatic carbocycles. The number of benzene rings is 2. The van der Waals surface area contributed by atoms with Crippen LogP contribution in [0.2, 0.25) is 0 Å². The highest BCUT2D eigenvalue weighted by Crippen LogP contribution is 2.02. The lowest BCUT2D eigenvalue weighted by atomic mass is 10.1. The molecule has 104 valence electrons. The zero-order valence-corrected chi connectivity index (χ0v) is 11.5. The first-order valence-electron chi connectivity index (χ1n) is 6.64. The lowest BCUT2D eigenvalue weighted by molar-refractivity contribution is -0.121. The van der Waals surface area contributed by atoms with Gasteiger partial charge in [-0.3, -0.25) is 4.79 Å². The highest BCUT2D eigenvalue weighted by atomic mass is 16.2. The third-order valence-corrected chi connectivity index (χ3v) is 2.93. The van der Waals surface area contributed by atoms with Crippen molar-refractivity contribution >= 4 is 12.1 Å². The maximum Gasteiger partial charge on any atom is 0.240 e. The molecule has 0 bridgehead atoms. The molecule has 2 rings (SSSR count). The van der Waals surface area contributed by atoms with Crippen LogP contribution >= 0.6 is 0 Å². The van der Waals surface area contributed by atoms with Crippen LogP contribution in [0.4, 0.5) is 0 Å². The molecule has 0 aromatic heterocycles. The Kier molecular flexibility index (Phi) is 5.25. The van der Waals surface area contributed by atoms with Gasteiger partial charge in [-0.15, -0.1) is 0 Å². The summed E-state index contributed by atoms with van der Waals surface area (Å²) in [6, 6.07) is 18.9. The molecule has 0 spiro atoms. The molecule has 4 nitrogen and oxygen atoms in total. The van der Waals surface area contributed by atoms with Gasteiger partial charge in [-0.2, -0.15) is 10.4 Å². The third kappa shape index (κ3) is 4.92. The van der Waals surface area contributed by atoms with Crippen molar-refractivity contribution in [2.75, 3.05) is 0 Å². The zero-order valence-electron chi connectivity index (χ0n) is 11.5. The van der Waals surface area contributed by atoms with Gasteiger partial charge in [0.25, 0.3) is 0 Å². The van der Waals surface area contributed by atoms with Crippen LogP contribution in [-0.4, -0.2) is 12.1 Å². The number of carbonyl (C=O) groups excluding carboxylic acids is 1. The van der Waals surface area contributed by atoms with Gasteiger partial charge in [0.05, 0.1) is 17.8 Å². The summed E-state index contributed by atoms with van der Waals surface area (Å²) < 4.78 is 0. The van der Waals surface area contributed by atoms with Crippen LogP contribution in [0.15, 0.2) is 59.7 Å². The van der Waals surface area contributed by atoms with Gasteiger partial charge in [-0.25, -0.2) is 5.43 Å². The Labute approximate surface area is 123 Å². The predicted octanol–water partition coefficient (Wildman–Crippen LogP) is 2.64. The number of nitriles is 1. The second-order valence-electron chi connectivity index (χ2n) is 4.51. The van der Waals surface area contributed by atoms with Gasteiger partial charge in [0.15, 0.2) is 0 Å². The monoisotopic (exact) mass is 277 g/mol. The van der Waals surface area contributed by atoms with Gasteiger partial charge in [0, 0.05) is 6.42 Å². The van der Waals surface area contributed by atoms with Crippen LogP contribution < -0.4 is 5.43 Å². The molecule has 0 aliphatic heterocycles. The molecule has 0 heterocycles. The minimum Gasteiger partial charge on any atom is -0.273 e. The molecular weight excluding hydrogens is 262 g/mol. The molecule has 0 saturated carbocycles. The molecule has 0 radical (unpaired) electrons.